The van der Waals surface area contributed by atoms with Crippen molar-refractivity contribution in [3.63, 3.8) is 0 Å². The fourth-order valence-electron chi connectivity index (χ4n) is 1.66. The zero-order valence-corrected chi connectivity index (χ0v) is 12.8. The van der Waals surface area contributed by atoms with Crippen molar-refractivity contribution in [3.05, 3.63) is 20.3 Å². The summed E-state index contributed by atoms with van der Waals surface area (Å²) in [7, 11) is 1.90. The standard InChI is InChI=1S/C12H17BrF3NS/c1-8(5-6-17-2)3-4-10-11(13)9(7-18-10)12(14,15)16/h7-8,17H,3-6H2,1-2H3. The van der Waals surface area contributed by atoms with Gasteiger partial charge in [-0.2, -0.15) is 13.2 Å². The van der Waals surface area contributed by atoms with Crippen LogP contribution in [0.4, 0.5) is 13.2 Å². The van der Waals surface area contributed by atoms with Crippen molar-refractivity contribution in [2.45, 2.75) is 32.4 Å². The Labute approximate surface area is 118 Å². The van der Waals surface area contributed by atoms with E-state index in [-0.39, 0.29) is 4.47 Å². The summed E-state index contributed by atoms with van der Waals surface area (Å²) in [6.07, 6.45) is -1.60. The summed E-state index contributed by atoms with van der Waals surface area (Å²) in [6, 6.07) is 0. The molecule has 1 rings (SSSR count). The monoisotopic (exact) mass is 343 g/mol. The number of thiophene rings is 1. The van der Waals surface area contributed by atoms with Crippen LogP contribution in [0, 0.1) is 5.92 Å². The molecule has 0 fully saturated rings. The second kappa shape index (κ2) is 6.91. The Balaban J connectivity index is 2.56. The number of aryl methyl sites for hydroxylation is 1. The van der Waals surface area contributed by atoms with Gasteiger partial charge in [-0.25, -0.2) is 0 Å². The van der Waals surface area contributed by atoms with Gasteiger partial charge in [-0.15, -0.1) is 11.3 Å². The van der Waals surface area contributed by atoms with Crippen molar-refractivity contribution in [3.8, 4) is 0 Å². The zero-order chi connectivity index (χ0) is 13.8. The highest BCUT2D eigenvalue weighted by Gasteiger charge is 2.34. The van der Waals surface area contributed by atoms with Crippen molar-refractivity contribution in [1.82, 2.24) is 5.32 Å². The Morgan fingerprint density at radius 1 is 1.39 bits per heavy atom. The van der Waals surface area contributed by atoms with Crippen LogP contribution in [0.5, 0.6) is 0 Å². The van der Waals surface area contributed by atoms with Crippen LogP contribution >= 0.6 is 27.3 Å². The maximum Gasteiger partial charge on any atom is 0.418 e. The fourth-order valence-corrected chi connectivity index (χ4v) is 3.59. The van der Waals surface area contributed by atoms with Gasteiger partial charge in [0, 0.05) is 14.7 Å². The lowest BCUT2D eigenvalue weighted by Gasteiger charge is -2.10. The highest BCUT2D eigenvalue weighted by molar-refractivity contribution is 9.10. The Bertz CT molecular complexity index is 376. The molecule has 0 amide bonds. The van der Waals surface area contributed by atoms with E-state index in [9.17, 15) is 13.2 Å². The lowest BCUT2D eigenvalue weighted by Crippen LogP contribution is -2.11. The summed E-state index contributed by atoms with van der Waals surface area (Å²) in [5.74, 6) is 0.515. The topological polar surface area (TPSA) is 12.0 Å². The van der Waals surface area contributed by atoms with Gasteiger partial charge in [0.15, 0.2) is 0 Å². The van der Waals surface area contributed by atoms with E-state index in [4.69, 9.17) is 0 Å². The van der Waals surface area contributed by atoms with E-state index in [1.165, 1.54) is 16.7 Å². The SMILES string of the molecule is CNCCC(C)CCc1scc(C(F)(F)F)c1Br. The molecule has 104 valence electrons. The first-order chi connectivity index (χ1) is 8.36. The van der Waals surface area contributed by atoms with Gasteiger partial charge in [-0.05, 0) is 54.7 Å². The third-order valence-corrected chi connectivity index (χ3v) is 5.07. The van der Waals surface area contributed by atoms with Crippen LogP contribution in [0.15, 0.2) is 9.85 Å². The molecule has 1 aromatic heterocycles. The molecule has 1 N–H and O–H groups in total. The molecular formula is C12H17BrF3NS. The van der Waals surface area contributed by atoms with Gasteiger partial charge in [-0.1, -0.05) is 6.92 Å². The summed E-state index contributed by atoms with van der Waals surface area (Å²) >= 11 is 4.25. The molecular weight excluding hydrogens is 327 g/mol. The number of rotatable bonds is 6. The first kappa shape index (κ1) is 16.0. The minimum atomic E-state index is -4.26. The van der Waals surface area contributed by atoms with Gasteiger partial charge < -0.3 is 5.32 Å². The molecule has 1 unspecified atom stereocenters. The Morgan fingerprint density at radius 2 is 2.06 bits per heavy atom. The molecule has 6 heteroatoms. The quantitative estimate of drug-likeness (QED) is 0.788. The first-order valence-corrected chi connectivity index (χ1v) is 7.51. The lowest BCUT2D eigenvalue weighted by molar-refractivity contribution is -0.137. The van der Waals surface area contributed by atoms with E-state index in [2.05, 4.69) is 28.2 Å². The molecule has 0 bridgehead atoms. The molecule has 0 aliphatic heterocycles. The van der Waals surface area contributed by atoms with E-state index in [1.54, 1.807) is 0 Å². The average Bonchev–Trinajstić information content (AvgIpc) is 2.64. The highest BCUT2D eigenvalue weighted by atomic mass is 79.9. The molecule has 1 nitrogen and oxygen atoms in total. The predicted octanol–water partition coefficient (Wildman–Crippen LogP) is 4.71. The van der Waals surface area contributed by atoms with Crippen LogP contribution in [0.2, 0.25) is 0 Å². The summed E-state index contributed by atoms with van der Waals surface area (Å²) in [4.78, 5) is 0.790. The molecule has 0 aliphatic carbocycles. The van der Waals surface area contributed by atoms with Crippen molar-refractivity contribution < 1.29 is 13.2 Å². The minimum Gasteiger partial charge on any atom is -0.320 e. The predicted molar refractivity (Wildman–Crippen MR) is 73.0 cm³/mol. The maximum atomic E-state index is 12.6. The smallest absolute Gasteiger partial charge is 0.320 e. The van der Waals surface area contributed by atoms with Crippen LogP contribution in [0.25, 0.3) is 0 Å². The lowest BCUT2D eigenvalue weighted by atomic mass is 10.0. The number of nitrogens with one attached hydrogen (secondary N) is 1. The largest absolute Gasteiger partial charge is 0.418 e. The van der Waals surface area contributed by atoms with E-state index in [1.807, 2.05) is 7.05 Å². The normalized spacial score (nSPS) is 13.9. The van der Waals surface area contributed by atoms with E-state index >= 15 is 0 Å². The van der Waals surface area contributed by atoms with Gasteiger partial charge in [-0.3, -0.25) is 0 Å². The molecule has 0 aromatic carbocycles. The zero-order valence-electron chi connectivity index (χ0n) is 10.4. The third kappa shape index (κ3) is 4.55. The van der Waals surface area contributed by atoms with Crippen molar-refractivity contribution >= 4 is 27.3 Å². The molecule has 18 heavy (non-hydrogen) atoms. The number of alkyl halides is 3. The van der Waals surface area contributed by atoms with Crippen LogP contribution in [0.1, 0.15) is 30.2 Å². The maximum absolute atomic E-state index is 12.6. The first-order valence-electron chi connectivity index (χ1n) is 5.84. The molecule has 0 saturated heterocycles. The third-order valence-electron chi connectivity index (χ3n) is 2.86. The van der Waals surface area contributed by atoms with E-state index in [0.29, 0.717) is 12.3 Å². The second-order valence-corrected chi connectivity index (χ2v) is 6.18. The van der Waals surface area contributed by atoms with E-state index in [0.717, 1.165) is 24.3 Å². The molecule has 0 radical (unpaired) electrons. The molecule has 1 heterocycles. The Kier molecular flexibility index (Phi) is 6.14. The highest BCUT2D eigenvalue weighted by Crippen LogP contribution is 2.40. The van der Waals surface area contributed by atoms with Gasteiger partial charge in [0.2, 0.25) is 0 Å². The minimum absolute atomic E-state index is 0.223. The molecule has 0 aliphatic rings. The van der Waals surface area contributed by atoms with Gasteiger partial charge in [0.25, 0.3) is 0 Å². The number of halogens is 4. The van der Waals surface area contributed by atoms with Crippen molar-refractivity contribution in [1.29, 1.82) is 0 Å². The summed E-state index contributed by atoms with van der Waals surface area (Å²) in [5.41, 5.74) is -0.551. The Hall–Kier alpha value is -0.0700. The molecule has 1 aromatic rings. The van der Waals surface area contributed by atoms with Crippen LogP contribution < -0.4 is 5.32 Å². The van der Waals surface area contributed by atoms with Crippen molar-refractivity contribution in [2.75, 3.05) is 13.6 Å². The fraction of sp³-hybridized carbons (Fsp3) is 0.667. The average molecular weight is 344 g/mol. The Morgan fingerprint density at radius 3 is 2.56 bits per heavy atom. The van der Waals surface area contributed by atoms with Crippen LogP contribution in [-0.4, -0.2) is 13.6 Å². The summed E-state index contributed by atoms with van der Waals surface area (Å²) in [6.45, 7) is 3.07. The van der Waals surface area contributed by atoms with Crippen molar-refractivity contribution in [2.24, 2.45) is 5.92 Å². The van der Waals surface area contributed by atoms with Gasteiger partial charge in [0.05, 0.1) is 5.56 Å². The number of hydrogen-bond donors (Lipinski definition) is 1. The van der Waals surface area contributed by atoms with E-state index < -0.39 is 11.7 Å². The van der Waals surface area contributed by atoms with Crippen LogP contribution in [-0.2, 0) is 12.6 Å². The van der Waals surface area contributed by atoms with Crippen LogP contribution in [0.3, 0.4) is 0 Å². The van der Waals surface area contributed by atoms with Gasteiger partial charge >= 0.3 is 6.18 Å². The molecule has 1 atom stereocenters. The number of hydrogen-bond acceptors (Lipinski definition) is 2. The van der Waals surface area contributed by atoms with Gasteiger partial charge in [0.1, 0.15) is 0 Å². The summed E-state index contributed by atoms with van der Waals surface area (Å²) in [5, 5.41) is 4.27. The second-order valence-electron chi connectivity index (χ2n) is 4.42. The molecule has 0 saturated carbocycles. The summed E-state index contributed by atoms with van der Waals surface area (Å²) < 4.78 is 38.0. The molecule has 0 spiro atoms.